The van der Waals surface area contributed by atoms with Crippen LogP contribution in [-0.4, -0.2) is 41.1 Å². The van der Waals surface area contributed by atoms with Gasteiger partial charge >= 0.3 is 5.97 Å². The zero-order valence-corrected chi connectivity index (χ0v) is 13.4. The van der Waals surface area contributed by atoms with E-state index in [9.17, 15) is 9.90 Å². The van der Waals surface area contributed by atoms with Gasteiger partial charge in [0.15, 0.2) is 6.29 Å². The molecule has 5 heteroatoms. The summed E-state index contributed by atoms with van der Waals surface area (Å²) in [6.45, 7) is 6.89. The molecule has 1 aliphatic heterocycles. The summed E-state index contributed by atoms with van der Waals surface area (Å²) in [6.07, 6.45) is 2.63. The minimum Gasteiger partial charge on any atom is -0.461 e. The number of rotatable bonds is 3. The van der Waals surface area contributed by atoms with Crippen LogP contribution in [0.1, 0.15) is 40.0 Å². The normalized spacial score (nSPS) is 38.8. The summed E-state index contributed by atoms with van der Waals surface area (Å²) >= 11 is 1.43. The molecule has 0 amide bonds. The number of carbonyl (C=O) groups is 1. The van der Waals surface area contributed by atoms with Crippen LogP contribution >= 0.6 is 11.8 Å². The molecule has 1 saturated carbocycles. The summed E-state index contributed by atoms with van der Waals surface area (Å²) in [7, 11) is 0. The third-order valence-corrected chi connectivity index (χ3v) is 5.58. The lowest BCUT2D eigenvalue weighted by molar-refractivity contribution is -0.159. The van der Waals surface area contributed by atoms with Gasteiger partial charge in [0, 0.05) is 5.75 Å². The molecule has 0 aromatic carbocycles. The number of aliphatic hydroxyl groups excluding tert-OH is 1. The van der Waals surface area contributed by atoms with Crippen molar-refractivity contribution in [3.8, 4) is 0 Å². The molecule has 0 unspecified atom stereocenters. The Morgan fingerprint density at radius 2 is 2.15 bits per heavy atom. The molecule has 1 N–H and O–H groups in total. The molecule has 0 aromatic heterocycles. The Labute approximate surface area is 125 Å². The number of thioether (sulfide) groups is 1. The van der Waals surface area contributed by atoms with E-state index in [2.05, 4.69) is 20.8 Å². The molecule has 2 aliphatic rings. The molecule has 2 rings (SSSR count). The molecule has 5 atom stereocenters. The van der Waals surface area contributed by atoms with Crippen LogP contribution in [0.5, 0.6) is 0 Å². The van der Waals surface area contributed by atoms with E-state index < -0.39 is 6.29 Å². The third kappa shape index (κ3) is 4.12. The van der Waals surface area contributed by atoms with Crippen LogP contribution < -0.4 is 0 Å². The summed E-state index contributed by atoms with van der Waals surface area (Å²) in [4.78, 5) is 12.2. The second-order valence-corrected chi connectivity index (χ2v) is 7.65. The molecule has 20 heavy (non-hydrogen) atoms. The van der Waals surface area contributed by atoms with Crippen LogP contribution in [0.15, 0.2) is 0 Å². The van der Waals surface area contributed by atoms with E-state index in [0.29, 0.717) is 23.5 Å². The predicted molar refractivity (Wildman–Crippen MR) is 79.4 cm³/mol. The Morgan fingerprint density at radius 3 is 2.75 bits per heavy atom. The van der Waals surface area contributed by atoms with Crippen molar-refractivity contribution in [3.05, 3.63) is 0 Å². The quantitative estimate of drug-likeness (QED) is 0.812. The SMILES string of the molecule is CC(C)[C@@H]1CC[C@@H](C)C[C@H]1OC(=O)[C@@H]1CO[C@@H](O)CS1. The zero-order chi connectivity index (χ0) is 14.7. The Kier molecular flexibility index (Phi) is 5.75. The Morgan fingerprint density at radius 1 is 1.40 bits per heavy atom. The van der Waals surface area contributed by atoms with Gasteiger partial charge in [-0.25, -0.2) is 0 Å². The molecule has 116 valence electrons. The van der Waals surface area contributed by atoms with E-state index in [1.165, 1.54) is 18.2 Å². The lowest BCUT2D eigenvalue weighted by atomic mass is 9.75. The van der Waals surface area contributed by atoms with Crippen LogP contribution in [0.25, 0.3) is 0 Å². The van der Waals surface area contributed by atoms with Crippen molar-refractivity contribution in [1.29, 1.82) is 0 Å². The smallest absolute Gasteiger partial charge is 0.321 e. The molecule has 1 heterocycles. The van der Waals surface area contributed by atoms with Crippen molar-refractivity contribution in [2.24, 2.45) is 17.8 Å². The van der Waals surface area contributed by atoms with Crippen molar-refractivity contribution >= 4 is 17.7 Å². The summed E-state index contributed by atoms with van der Waals surface area (Å²) in [5.41, 5.74) is 0. The van der Waals surface area contributed by atoms with Crippen LogP contribution in [-0.2, 0) is 14.3 Å². The van der Waals surface area contributed by atoms with Crippen LogP contribution in [0.4, 0.5) is 0 Å². The first-order valence-electron chi connectivity index (χ1n) is 7.59. The van der Waals surface area contributed by atoms with E-state index in [4.69, 9.17) is 9.47 Å². The number of hydrogen-bond donors (Lipinski definition) is 1. The molecule has 1 aliphatic carbocycles. The maximum Gasteiger partial charge on any atom is 0.321 e. The summed E-state index contributed by atoms with van der Waals surface area (Å²) in [6, 6.07) is 0. The minimum atomic E-state index is -0.748. The van der Waals surface area contributed by atoms with Gasteiger partial charge < -0.3 is 14.6 Å². The first-order valence-corrected chi connectivity index (χ1v) is 8.64. The van der Waals surface area contributed by atoms with E-state index in [-0.39, 0.29) is 23.9 Å². The van der Waals surface area contributed by atoms with Gasteiger partial charge in [-0.1, -0.05) is 27.2 Å². The number of aliphatic hydroxyl groups is 1. The standard InChI is InChI=1S/C15H26O4S/c1-9(2)11-5-4-10(3)6-12(11)19-15(17)13-7-18-14(16)8-20-13/h9-14,16H,4-8H2,1-3H3/t10-,11+,12-,13+,14-/m1/s1. The number of ether oxygens (including phenoxy) is 2. The predicted octanol–water partition coefficient (Wildman–Crippen LogP) is 2.44. The summed E-state index contributed by atoms with van der Waals surface area (Å²) in [5, 5.41) is 9.00. The molecular weight excluding hydrogens is 276 g/mol. The van der Waals surface area contributed by atoms with Crippen LogP contribution in [0.2, 0.25) is 0 Å². The Hall–Kier alpha value is -0.260. The van der Waals surface area contributed by atoms with Gasteiger partial charge in [-0.3, -0.25) is 4.79 Å². The molecule has 0 bridgehead atoms. The largest absolute Gasteiger partial charge is 0.461 e. The molecule has 4 nitrogen and oxygen atoms in total. The Bertz CT molecular complexity index is 326. The molecule has 1 saturated heterocycles. The fourth-order valence-corrected chi connectivity index (χ4v) is 3.96. The van der Waals surface area contributed by atoms with Gasteiger partial charge in [0.25, 0.3) is 0 Å². The maximum atomic E-state index is 12.2. The average molecular weight is 302 g/mol. The number of carbonyl (C=O) groups excluding carboxylic acids is 1. The topological polar surface area (TPSA) is 55.8 Å². The lowest BCUT2D eigenvalue weighted by Gasteiger charge is -2.37. The van der Waals surface area contributed by atoms with E-state index in [1.54, 1.807) is 0 Å². The van der Waals surface area contributed by atoms with Gasteiger partial charge in [0.2, 0.25) is 0 Å². The van der Waals surface area contributed by atoms with Crippen molar-refractivity contribution in [2.45, 2.75) is 57.7 Å². The molecule has 2 fully saturated rings. The van der Waals surface area contributed by atoms with E-state index in [0.717, 1.165) is 12.8 Å². The highest BCUT2D eigenvalue weighted by Gasteiger charge is 2.36. The Balaban J connectivity index is 1.90. The number of esters is 1. The summed E-state index contributed by atoms with van der Waals surface area (Å²) in [5.74, 6) is 1.90. The van der Waals surface area contributed by atoms with Crippen molar-refractivity contribution in [2.75, 3.05) is 12.4 Å². The van der Waals surface area contributed by atoms with Crippen molar-refractivity contribution < 1.29 is 19.4 Å². The second kappa shape index (κ2) is 7.14. The van der Waals surface area contributed by atoms with Crippen molar-refractivity contribution in [3.63, 3.8) is 0 Å². The monoisotopic (exact) mass is 302 g/mol. The third-order valence-electron chi connectivity index (χ3n) is 4.37. The van der Waals surface area contributed by atoms with E-state index in [1.807, 2.05) is 0 Å². The first kappa shape index (κ1) is 16.1. The highest BCUT2D eigenvalue weighted by Crippen LogP contribution is 2.36. The van der Waals surface area contributed by atoms with Gasteiger partial charge in [-0.05, 0) is 30.6 Å². The van der Waals surface area contributed by atoms with Gasteiger partial charge in [-0.15, -0.1) is 11.8 Å². The van der Waals surface area contributed by atoms with Crippen LogP contribution in [0.3, 0.4) is 0 Å². The zero-order valence-electron chi connectivity index (χ0n) is 12.6. The van der Waals surface area contributed by atoms with Gasteiger partial charge in [-0.2, -0.15) is 0 Å². The molecule has 0 aromatic rings. The average Bonchev–Trinajstić information content (AvgIpc) is 2.39. The van der Waals surface area contributed by atoms with E-state index >= 15 is 0 Å². The van der Waals surface area contributed by atoms with Gasteiger partial charge in [0.05, 0.1) is 6.61 Å². The maximum absolute atomic E-state index is 12.2. The molecule has 0 radical (unpaired) electrons. The lowest BCUT2D eigenvalue weighted by Crippen LogP contribution is -2.41. The fourth-order valence-electron chi connectivity index (χ4n) is 3.10. The second-order valence-electron chi connectivity index (χ2n) is 6.41. The summed E-state index contributed by atoms with van der Waals surface area (Å²) < 4.78 is 10.9. The molecule has 0 spiro atoms. The highest BCUT2D eigenvalue weighted by molar-refractivity contribution is 8.00. The number of hydrogen-bond acceptors (Lipinski definition) is 5. The minimum absolute atomic E-state index is 0.0405. The molecular formula is C15H26O4S. The fraction of sp³-hybridized carbons (Fsp3) is 0.933. The first-order chi connectivity index (χ1) is 9.47. The van der Waals surface area contributed by atoms with Crippen molar-refractivity contribution in [1.82, 2.24) is 0 Å². The highest BCUT2D eigenvalue weighted by atomic mass is 32.2. The van der Waals surface area contributed by atoms with Gasteiger partial charge in [0.1, 0.15) is 11.4 Å². The van der Waals surface area contributed by atoms with Crippen LogP contribution in [0, 0.1) is 17.8 Å².